The lowest BCUT2D eigenvalue weighted by atomic mass is 9.84. The zero-order valence-electron chi connectivity index (χ0n) is 15.9. The molecule has 0 N–H and O–H groups in total. The minimum Gasteiger partial charge on any atom is -0.493 e. The molecular formula is C24H23NO2S. The summed E-state index contributed by atoms with van der Waals surface area (Å²) in [5, 5.41) is 0. The first kappa shape index (κ1) is 17.7. The van der Waals surface area contributed by atoms with Crippen LogP contribution in [0.5, 0.6) is 11.5 Å². The molecule has 3 aromatic rings. The molecule has 0 aliphatic carbocycles. The maximum atomic E-state index is 6.23. The standard InChI is InChI=1S/C24H23NO2S/c1-26-23-12-11-18-15-22-20-10-6-5-7-17(20)13-14-25(22)16-21(18)24(23)27-28-19-8-3-2-4-9-19/h2-12,22H,13-16H2,1H3. The van der Waals surface area contributed by atoms with Gasteiger partial charge in [0.15, 0.2) is 11.5 Å². The zero-order chi connectivity index (χ0) is 18.9. The van der Waals surface area contributed by atoms with E-state index in [1.165, 1.54) is 34.3 Å². The number of benzene rings is 3. The molecule has 0 radical (unpaired) electrons. The number of fused-ring (bicyclic) bond motifs is 4. The lowest BCUT2D eigenvalue weighted by molar-refractivity contribution is 0.159. The van der Waals surface area contributed by atoms with Crippen LogP contribution in [0.2, 0.25) is 0 Å². The Morgan fingerprint density at radius 2 is 1.75 bits per heavy atom. The van der Waals surface area contributed by atoms with Crippen molar-refractivity contribution in [2.75, 3.05) is 13.7 Å². The molecule has 2 aliphatic heterocycles. The van der Waals surface area contributed by atoms with Crippen molar-refractivity contribution in [3.8, 4) is 11.5 Å². The topological polar surface area (TPSA) is 21.7 Å². The van der Waals surface area contributed by atoms with E-state index in [-0.39, 0.29) is 0 Å². The van der Waals surface area contributed by atoms with E-state index in [4.69, 9.17) is 8.92 Å². The first-order valence-electron chi connectivity index (χ1n) is 9.73. The summed E-state index contributed by atoms with van der Waals surface area (Å²) >= 11 is 1.40. The summed E-state index contributed by atoms with van der Waals surface area (Å²) in [4.78, 5) is 3.67. The fourth-order valence-corrected chi connectivity index (χ4v) is 5.00. The molecule has 0 bridgehead atoms. The van der Waals surface area contributed by atoms with Crippen LogP contribution in [0.25, 0.3) is 0 Å². The fraction of sp³-hybridized carbons (Fsp3) is 0.250. The zero-order valence-corrected chi connectivity index (χ0v) is 16.7. The van der Waals surface area contributed by atoms with E-state index >= 15 is 0 Å². The molecule has 0 saturated heterocycles. The highest BCUT2D eigenvalue weighted by Gasteiger charge is 2.34. The van der Waals surface area contributed by atoms with Crippen molar-refractivity contribution in [2.45, 2.75) is 30.3 Å². The Bertz CT molecular complexity index is 989. The summed E-state index contributed by atoms with van der Waals surface area (Å²) in [5.41, 5.74) is 5.61. The number of nitrogens with zero attached hydrogens (tertiary/aromatic N) is 1. The van der Waals surface area contributed by atoms with E-state index in [2.05, 4.69) is 47.4 Å². The van der Waals surface area contributed by atoms with Gasteiger partial charge in [-0.25, -0.2) is 0 Å². The maximum Gasteiger partial charge on any atom is 0.184 e. The van der Waals surface area contributed by atoms with Gasteiger partial charge in [-0.1, -0.05) is 48.5 Å². The van der Waals surface area contributed by atoms with E-state index in [1.807, 2.05) is 24.3 Å². The number of hydrogen-bond donors (Lipinski definition) is 0. The Labute approximate surface area is 170 Å². The number of hydrogen-bond acceptors (Lipinski definition) is 4. The van der Waals surface area contributed by atoms with Crippen LogP contribution >= 0.6 is 12.0 Å². The van der Waals surface area contributed by atoms with E-state index in [1.54, 1.807) is 7.11 Å². The van der Waals surface area contributed by atoms with Crippen LogP contribution in [0.15, 0.2) is 71.6 Å². The Morgan fingerprint density at radius 3 is 2.61 bits per heavy atom. The van der Waals surface area contributed by atoms with Crippen molar-refractivity contribution in [1.29, 1.82) is 0 Å². The lowest BCUT2D eigenvalue weighted by Gasteiger charge is -2.41. The van der Waals surface area contributed by atoms with Crippen molar-refractivity contribution in [2.24, 2.45) is 0 Å². The van der Waals surface area contributed by atoms with Gasteiger partial charge in [0.25, 0.3) is 0 Å². The van der Waals surface area contributed by atoms with E-state index in [0.29, 0.717) is 6.04 Å². The molecule has 0 spiro atoms. The van der Waals surface area contributed by atoms with Crippen molar-refractivity contribution in [3.63, 3.8) is 0 Å². The highest BCUT2D eigenvalue weighted by molar-refractivity contribution is 7.95. The minimum absolute atomic E-state index is 0.459. The predicted molar refractivity (Wildman–Crippen MR) is 113 cm³/mol. The molecule has 3 nitrogen and oxygen atoms in total. The smallest absolute Gasteiger partial charge is 0.184 e. The molecule has 4 heteroatoms. The third-order valence-corrected chi connectivity index (χ3v) is 6.52. The molecule has 0 amide bonds. The quantitative estimate of drug-likeness (QED) is 0.554. The van der Waals surface area contributed by atoms with Crippen LogP contribution in [-0.2, 0) is 19.4 Å². The highest BCUT2D eigenvalue weighted by atomic mass is 32.2. The first-order valence-corrected chi connectivity index (χ1v) is 10.5. The average Bonchev–Trinajstić information content (AvgIpc) is 2.76. The number of ether oxygens (including phenoxy) is 1. The Kier molecular flexibility index (Phi) is 4.75. The van der Waals surface area contributed by atoms with E-state index in [0.717, 1.165) is 42.3 Å². The third-order valence-electron chi connectivity index (χ3n) is 5.80. The SMILES string of the molecule is COc1ccc2c(c1OSc1ccccc1)CN1CCc3ccccc3C1C2. The van der Waals surface area contributed by atoms with Crippen LogP contribution in [0.3, 0.4) is 0 Å². The highest BCUT2D eigenvalue weighted by Crippen LogP contribution is 2.45. The predicted octanol–water partition coefficient (Wildman–Crippen LogP) is 5.44. The van der Waals surface area contributed by atoms with Gasteiger partial charge in [0.05, 0.1) is 19.2 Å². The van der Waals surface area contributed by atoms with Crippen molar-refractivity contribution in [1.82, 2.24) is 4.90 Å². The monoisotopic (exact) mass is 389 g/mol. The first-order chi connectivity index (χ1) is 13.8. The molecular weight excluding hydrogens is 366 g/mol. The second-order valence-electron chi connectivity index (χ2n) is 7.35. The van der Waals surface area contributed by atoms with Gasteiger partial charge in [0, 0.05) is 29.6 Å². The van der Waals surface area contributed by atoms with E-state index < -0.39 is 0 Å². The normalized spacial score (nSPS) is 18.0. The van der Waals surface area contributed by atoms with Crippen LogP contribution in [0.1, 0.15) is 28.3 Å². The van der Waals surface area contributed by atoms with Gasteiger partial charge in [-0.3, -0.25) is 4.90 Å². The lowest BCUT2D eigenvalue weighted by Crippen LogP contribution is -2.39. The number of rotatable bonds is 4. The molecule has 0 aromatic heterocycles. The van der Waals surface area contributed by atoms with Crippen molar-refractivity contribution < 1.29 is 8.92 Å². The average molecular weight is 390 g/mol. The van der Waals surface area contributed by atoms with Crippen LogP contribution in [0.4, 0.5) is 0 Å². The summed E-state index contributed by atoms with van der Waals surface area (Å²) in [6.07, 6.45) is 2.13. The molecule has 28 heavy (non-hydrogen) atoms. The van der Waals surface area contributed by atoms with Crippen LogP contribution in [-0.4, -0.2) is 18.6 Å². The largest absolute Gasteiger partial charge is 0.493 e. The third kappa shape index (κ3) is 3.17. The van der Waals surface area contributed by atoms with Gasteiger partial charge in [-0.15, -0.1) is 0 Å². The van der Waals surface area contributed by atoms with Crippen LogP contribution < -0.4 is 8.92 Å². The molecule has 3 aromatic carbocycles. The molecule has 142 valence electrons. The van der Waals surface area contributed by atoms with Gasteiger partial charge >= 0.3 is 0 Å². The fourth-order valence-electron chi connectivity index (χ4n) is 4.37. The van der Waals surface area contributed by atoms with E-state index in [9.17, 15) is 0 Å². The molecule has 5 rings (SSSR count). The number of methoxy groups -OCH3 is 1. The maximum absolute atomic E-state index is 6.23. The molecule has 2 aliphatic rings. The van der Waals surface area contributed by atoms with Crippen molar-refractivity contribution in [3.05, 3.63) is 89.0 Å². The van der Waals surface area contributed by atoms with Gasteiger partial charge < -0.3 is 8.92 Å². The summed E-state index contributed by atoms with van der Waals surface area (Å²) in [6.45, 7) is 1.99. The van der Waals surface area contributed by atoms with Crippen molar-refractivity contribution >= 4 is 12.0 Å². The minimum atomic E-state index is 0.459. The Balaban J connectivity index is 1.48. The molecule has 0 saturated carbocycles. The summed E-state index contributed by atoms with van der Waals surface area (Å²) in [6, 6.07) is 23.8. The summed E-state index contributed by atoms with van der Waals surface area (Å²) < 4.78 is 11.9. The Morgan fingerprint density at radius 1 is 0.929 bits per heavy atom. The molecule has 1 atom stereocenters. The van der Waals surface area contributed by atoms with Gasteiger partial charge in [0.2, 0.25) is 0 Å². The summed E-state index contributed by atoms with van der Waals surface area (Å²) in [7, 11) is 1.71. The molecule has 2 heterocycles. The van der Waals surface area contributed by atoms with Gasteiger partial charge in [-0.05, 0) is 47.7 Å². The Hall–Kier alpha value is -2.43. The van der Waals surface area contributed by atoms with Gasteiger partial charge in [-0.2, -0.15) is 0 Å². The molecule has 1 unspecified atom stereocenters. The second kappa shape index (κ2) is 7.53. The van der Waals surface area contributed by atoms with Crippen LogP contribution in [0, 0.1) is 0 Å². The second-order valence-corrected chi connectivity index (χ2v) is 8.16. The summed E-state index contributed by atoms with van der Waals surface area (Å²) in [5.74, 6) is 1.67. The van der Waals surface area contributed by atoms with Gasteiger partial charge in [0.1, 0.15) is 0 Å². The molecule has 0 fully saturated rings.